The van der Waals surface area contributed by atoms with Crippen LogP contribution in [-0.4, -0.2) is 24.4 Å². The zero-order valence-corrected chi connectivity index (χ0v) is 34.5. The van der Waals surface area contributed by atoms with E-state index < -0.39 is 8.24 Å². The van der Waals surface area contributed by atoms with E-state index in [9.17, 15) is 0 Å². The van der Waals surface area contributed by atoms with Crippen LogP contribution in [-0.2, 0) is 10.8 Å². The van der Waals surface area contributed by atoms with Gasteiger partial charge in [-0.2, -0.15) is 0 Å². The molecule has 0 aromatic heterocycles. The second kappa shape index (κ2) is 13.9. The minimum Gasteiger partial charge on any atom is -0.316 e. The Morgan fingerprint density at radius 1 is 0.796 bits per heavy atom. The Morgan fingerprint density at radius 2 is 1.41 bits per heavy atom. The summed E-state index contributed by atoms with van der Waals surface area (Å²) in [6, 6.07) is 17.8. The molecular formula is C47H71NSi. The standard InChI is InChI=1S/C47H71NSi/c1-12-14-27-47(28-15-13-2)42-31-35(34-21-24-37(25-22-34)45(4,5)6)23-26-39(42)41-30-36-29-33(3)44(40(36)32-43(41)47)49(10,11)48(46(7,8)9)38-19-17-16-18-20-38/h21-26,30-33,36,38,40,44H,12-20,27-29H2,1-11H3. The molecule has 2 aromatic rings. The van der Waals surface area contributed by atoms with Crippen LogP contribution < -0.4 is 0 Å². The van der Waals surface area contributed by atoms with E-state index in [0.29, 0.717) is 11.8 Å². The van der Waals surface area contributed by atoms with Crippen molar-refractivity contribution in [3.8, 4) is 11.1 Å². The van der Waals surface area contributed by atoms with Gasteiger partial charge in [-0.25, -0.2) is 0 Å². The first-order valence-corrected chi connectivity index (χ1v) is 23.7. The number of hydrogen-bond acceptors (Lipinski definition) is 1. The van der Waals surface area contributed by atoms with Gasteiger partial charge < -0.3 is 4.57 Å². The summed E-state index contributed by atoms with van der Waals surface area (Å²) in [5.41, 5.74) is 12.0. The molecule has 0 bridgehead atoms. The van der Waals surface area contributed by atoms with Crippen LogP contribution in [0.25, 0.3) is 16.7 Å². The molecule has 2 fully saturated rings. The fourth-order valence-corrected chi connectivity index (χ4v) is 17.9. The molecule has 0 radical (unpaired) electrons. The molecule has 0 aliphatic heterocycles. The van der Waals surface area contributed by atoms with E-state index in [1.165, 1.54) is 93.7 Å². The lowest BCUT2D eigenvalue weighted by Crippen LogP contribution is -2.65. The van der Waals surface area contributed by atoms with Gasteiger partial charge in [-0.3, -0.25) is 0 Å². The van der Waals surface area contributed by atoms with Crippen LogP contribution in [0.4, 0.5) is 0 Å². The predicted molar refractivity (Wildman–Crippen MR) is 218 cm³/mol. The highest BCUT2D eigenvalue weighted by molar-refractivity contribution is 6.76. The minimum absolute atomic E-state index is 0.134. The Bertz CT molecular complexity index is 1510. The molecule has 4 unspecified atom stereocenters. The van der Waals surface area contributed by atoms with Crippen molar-refractivity contribution in [1.29, 1.82) is 0 Å². The molecule has 2 saturated carbocycles. The quantitative estimate of drug-likeness (QED) is 0.226. The maximum atomic E-state index is 3.17. The third kappa shape index (κ3) is 6.77. The minimum atomic E-state index is -1.83. The first-order valence-electron chi connectivity index (χ1n) is 20.6. The van der Waals surface area contributed by atoms with Crippen LogP contribution in [0.2, 0.25) is 18.6 Å². The summed E-state index contributed by atoms with van der Waals surface area (Å²) >= 11 is 0. The fraction of sp³-hybridized carbons (Fsp3) is 0.660. The second-order valence-electron chi connectivity index (χ2n) is 19.5. The molecule has 4 aliphatic rings. The zero-order chi connectivity index (χ0) is 35.4. The normalized spacial score (nSPS) is 25.6. The lowest BCUT2D eigenvalue weighted by Gasteiger charge is -2.56. The highest BCUT2D eigenvalue weighted by atomic mass is 28.3. The summed E-state index contributed by atoms with van der Waals surface area (Å²) in [5.74, 6) is 2.12. The van der Waals surface area contributed by atoms with Crippen LogP contribution in [0.1, 0.15) is 156 Å². The molecule has 0 heterocycles. The van der Waals surface area contributed by atoms with Gasteiger partial charge in [0.25, 0.3) is 0 Å². The molecule has 0 saturated heterocycles. The lowest BCUT2D eigenvalue weighted by atomic mass is 9.68. The molecular weight excluding hydrogens is 607 g/mol. The van der Waals surface area contributed by atoms with Crippen molar-refractivity contribution in [2.75, 3.05) is 0 Å². The van der Waals surface area contributed by atoms with Gasteiger partial charge in [0.2, 0.25) is 0 Å². The van der Waals surface area contributed by atoms with Crippen molar-refractivity contribution in [3.05, 3.63) is 76.9 Å². The van der Waals surface area contributed by atoms with Gasteiger partial charge in [-0.15, -0.1) is 0 Å². The number of hydrogen-bond donors (Lipinski definition) is 0. The molecule has 49 heavy (non-hydrogen) atoms. The first-order chi connectivity index (χ1) is 23.1. The van der Waals surface area contributed by atoms with Gasteiger partial charge in [0.15, 0.2) is 0 Å². The van der Waals surface area contributed by atoms with Gasteiger partial charge in [-0.05, 0) is 127 Å². The lowest BCUT2D eigenvalue weighted by molar-refractivity contribution is 0.139. The van der Waals surface area contributed by atoms with Crippen LogP contribution in [0, 0.1) is 17.8 Å². The van der Waals surface area contributed by atoms with E-state index in [1.807, 2.05) is 0 Å². The van der Waals surface area contributed by atoms with Crippen molar-refractivity contribution in [3.63, 3.8) is 0 Å². The molecule has 4 aliphatic carbocycles. The number of nitrogens with zero attached hydrogens (tertiary/aromatic N) is 1. The zero-order valence-electron chi connectivity index (χ0n) is 33.5. The average molecular weight is 678 g/mol. The van der Waals surface area contributed by atoms with E-state index in [1.54, 1.807) is 22.3 Å². The Kier molecular flexibility index (Phi) is 10.5. The summed E-state index contributed by atoms with van der Waals surface area (Å²) in [5, 5.41) is 0. The van der Waals surface area contributed by atoms with Gasteiger partial charge >= 0.3 is 0 Å². The molecule has 2 heteroatoms. The van der Waals surface area contributed by atoms with E-state index in [-0.39, 0.29) is 16.4 Å². The molecule has 6 rings (SSSR count). The number of fused-ring (bicyclic) bond motifs is 4. The SMILES string of the molecule is CCCCC1(CCCC)C2=CC3C(C=C2c2ccc(-c4ccc(C(C)(C)C)cc4)cc21)CC(C)C3[Si](C)(C)N(C1CCCCC1)C(C)(C)C. The van der Waals surface area contributed by atoms with Gasteiger partial charge in [0, 0.05) is 17.0 Å². The Balaban J connectivity index is 1.45. The molecule has 4 atom stereocenters. The number of rotatable bonds is 10. The Morgan fingerprint density at radius 3 is 1.98 bits per heavy atom. The Labute approximate surface area is 303 Å². The fourth-order valence-electron chi connectivity index (χ4n) is 11.9. The maximum Gasteiger partial charge on any atom is 0.127 e. The summed E-state index contributed by atoms with van der Waals surface area (Å²) in [7, 11) is -1.83. The summed E-state index contributed by atoms with van der Waals surface area (Å²) in [6.07, 6.45) is 21.9. The smallest absolute Gasteiger partial charge is 0.127 e. The second-order valence-corrected chi connectivity index (χ2v) is 24.0. The Hall–Kier alpha value is -1.90. The maximum absolute atomic E-state index is 3.17. The van der Waals surface area contributed by atoms with E-state index in [2.05, 4.69) is 135 Å². The summed E-state index contributed by atoms with van der Waals surface area (Å²) < 4.78 is 3.17. The summed E-state index contributed by atoms with van der Waals surface area (Å²) in [4.78, 5) is 0. The van der Waals surface area contributed by atoms with Crippen LogP contribution in [0.3, 0.4) is 0 Å². The van der Waals surface area contributed by atoms with Crippen LogP contribution in [0.5, 0.6) is 0 Å². The van der Waals surface area contributed by atoms with Gasteiger partial charge in [-0.1, -0.05) is 148 Å². The van der Waals surface area contributed by atoms with Crippen LogP contribution >= 0.6 is 0 Å². The monoisotopic (exact) mass is 678 g/mol. The van der Waals surface area contributed by atoms with Gasteiger partial charge in [0.05, 0.1) is 0 Å². The molecule has 1 nitrogen and oxygen atoms in total. The third-order valence-corrected chi connectivity index (χ3v) is 18.5. The van der Waals surface area contributed by atoms with Crippen molar-refractivity contribution in [1.82, 2.24) is 4.57 Å². The van der Waals surface area contributed by atoms with Crippen LogP contribution in [0.15, 0.2) is 60.2 Å². The van der Waals surface area contributed by atoms with Crippen molar-refractivity contribution < 1.29 is 0 Å². The molecule has 0 amide bonds. The van der Waals surface area contributed by atoms with Gasteiger partial charge in [0.1, 0.15) is 8.24 Å². The van der Waals surface area contributed by atoms with Crippen molar-refractivity contribution in [2.24, 2.45) is 17.8 Å². The highest BCUT2D eigenvalue weighted by Gasteiger charge is 2.56. The van der Waals surface area contributed by atoms with E-state index in [0.717, 1.165) is 17.5 Å². The molecule has 0 spiro atoms. The highest BCUT2D eigenvalue weighted by Crippen LogP contribution is 2.63. The number of unbranched alkanes of at least 4 members (excludes halogenated alkanes) is 2. The number of benzene rings is 2. The van der Waals surface area contributed by atoms with Crippen molar-refractivity contribution >= 4 is 13.8 Å². The predicted octanol–water partition coefficient (Wildman–Crippen LogP) is 13.9. The largest absolute Gasteiger partial charge is 0.316 e. The average Bonchev–Trinajstić information content (AvgIpc) is 3.51. The first kappa shape index (κ1) is 36.9. The molecule has 0 N–H and O–H groups in total. The number of allylic oxidation sites excluding steroid dienone is 4. The third-order valence-electron chi connectivity index (χ3n) is 13.6. The topological polar surface area (TPSA) is 3.24 Å². The molecule has 2 aromatic carbocycles. The van der Waals surface area contributed by atoms with E-state index in [4.69, 9.17) is 0 Å². The summed E-state index contributed by atoms with van der Waals surface area (Å²) in [6.45, 7) is 27.6. The molecule has 268 valence electrons. The van der Waals surface area contributed by atoms with E-state index >= 15 is 0 Å². The van der Waals surface area contributed by atoms with Crippen molar-refractivity contribution in [2.45, 2.75) is 180 Å².